The molecule has 2 nitrogen and oxygen atoms in total. The van der Waals surface area contributed by atoms with Crippen LogP contribution < -0.4 is 4.90 Å². The van der Waals surface area contributed by atoms with E-state index in [9.17, 15) is 0 Å². The molecular weight excluding hydrogens is 679 g/mol. The summed E-state index contributed by atoms with van der Waals surface area (Å²) in [6.45, 7) is 0. The fraction of sp³-hybridized carbons (Fsp3) is 0. The molecule has 0 N–H and O–H groups in total. The van der Waals surface area contributed by atoms with Crippen LogP contribution in [-0.4, -0.2) is 0 Å². The predicted molar refractivity (Wildman–Crippen MR) is 237 cm³/mol. The van der Waals surface area contributed by atoms with Gasteiger partial charge in [0.1, 0.15) is 11.2 Å². The van der Waals surface area contributed by atoms with Crippen molar-refractivity contribution in [2.45, 2.75) is 0 Å². The number of hydrogen-bond donors (Lipinski definition) is 0. The van der Waals surface area contributed by atoms with E-state index in [-0.39, 0.29) is 0 Å². The standard InChI is InChI=1S/C54H35NO/c1-3-11-37(12-4-1)48-29-26-45(34-50(48)38-13-5-2-6-14-38)55(46-27-30-53-52(35-46)51-32-40-16-7-8-17-41(40)33-54(51)56-53)44-24-21-36(22-25-44)42-23-28-49-43(31-42)20-19-39-15-9-10-18-47(39)49/h1-35H. The highest BCUT2D eigenvalue weighted by Gasteiger charge is 2.19. The molecule has 1 heterocycles. The van der Waals surface area contributed by atoms with Crippen LogP contribution in [-0.2, 0) is 0 Å². The van der Waals surface area contributed by atoms with Crippen molar-refractivity contribution in [1.29, 1.82) is 0 Å². The lowest BCUT2D eigenvalue weighted by Crippen LogP contribution is -2.10. The number of nitrogens with zero attached hydrogens (tertiary/aromatic N) is 1. The molecule has 0 aliphatic rings. The summed E-state index contributed by atoms with van der Waals surface area (Å²) in [5.74, 6) is 0. The lowest BCUT2D eigenvalue weighted by atomic mass is 9.93. The molecule has 1 aromatic heterocycles. The molecule has 2 heteroatoms. The SMILES string of the molecule is c1ccc(-c2ccc(N(c3ccc(-c4ccc5c(ccc6ccccc65)c4)cc3)c3ccc4oc5cc6ccccc6cc5c4c3)cc2-c2ccccc2)cc1. The third-order valence-electron chi connectivity index (χ3n) is 11.2. The van der Waals surface area contributed by atoms with Crippen LogP contribution in [0.4, 0.5) is 17.1 Å². The first-order valence-electron chi connectivity index (χ1n) is 19.2. The van der Waals surface area contributed by atoms with Gasteiger partial charge in [-0.1, -0.05) is 152 Å². The maximum atomic E-state index is 6.45. The van der Waals surface area contributed by atoms with E-state index in [0.717, 1.165) is 39.0 Å². The summed E-state index contributed by atoms with van der Waals surface area (Å²) in [5.41, 5.74) is 12.1. The second-order valence-electron chi connectivity index (χ2n) is 14.5. The summed E-state index contributed by atoms with van der Waals surface area (Å²) in [5, 5.41) is 9.65. The van der Waals surface area contributed by atoms with Gasteiger partial charge in [0.25, 0.3) is 0 Å². The van der Waals surface area contributed by atoms with Crippen molar-refractivity contribution in [2.75, 3.05) is 4.90 Å². The Bertz CT molecular complexity index is 3230. The van der Waals surface area contributed by atoms with E-state index in [1.807, 2.05) is 0 Å². The van der Waals surface area contributed by atoms with Gasteiger partial charge in [0.2, 0.25) is 0 Å². The van der Waals surface area contributed by atoms with Crippen molar-refractivity contribution in [1.82, 2.24) is 0 Å². The Kier molecular flexibility index (Phi) is 7.53. The molecule has 0 radical (unpaired) electrons. The van der Waals surface area contributed by atoms with Crippen LogP contribution in [0.5, 0.6) is 0 Å². The van der Waals surface area contributed by atoms with Crippen molar-refractivity contribution >= 4 is 71.3 Å². The summed E-state index contributed by atoms with van der Waals surface area (Å²) < 4.78 is 6.45. The van der Waals surface area contributed by atoms with Gasteiger partial charge in [0.05, 0.1) is 0 Å². The van der Waals surface area contributed by atoms with Crippen LogP contribution in [0.2, 0.25) is 0 Å². The smallest absolute Gasteiger partial charge is 0.136 e. The highest BCUT2D eigenvalue weighted by molar-refractivity contribution is 6.11. The fourth-order valence-corrected chi connectivity index (χ4v) is 8.43. The molecule has 0 atom stereocenters. The minimum absolute atomic E-state index is 0.878. The van der Waals surface area contributed by atoms with Crippen molar-refractivity contribution in [2.24, 2.45) is 0 Å². The number of furan rings is 1. The Hall–Kier alpha value is -7.42. The number of hydrogen-bond acceptors (Lipinski definition) is 2. The van der Waals surface area contributed by atoms with Crippen molar-refractivity contribution in [3.8, 4) is 33.4 Å². The van der Waals surface area contributed by atoms with Crippen LogP contribution >= 0.6 is 0 Å². The molecule has 11 aromatic rings. The van der Waals surface area contributed by atoms with Gasteiger partial charge in [0.15, 0.2) is 0 Å². The average molecular weight is 714 g/mol. The first-order chi connectivity index (χ1) is 27.7. The molecule has 0 aliphatic heterocycles. The van der Waals surface area contributed by atoms with Crippen LogP contribution in [0.15, 0.2) is 217 Å². The Morgan fingerprint density at radius 1 is 0.268 bits per heavy atom. The van der Waals surface area contributed by atoms with Crippen LogP contribution in [0, 0.1) is 0 Å². The van der Waals surface area contributed by atoms with Crippen LogP contribution in [0.3, 0.4) is 0 Å². The Morgan fingerprint density at radius 2 is 0.839 bits per heavy atom. The number of fused-ring (bicyclic) bond motifs is 7. The summed E-state index contributed by atoms with van der Waals surface area (Å²) in [6, 6.07) is 76.6. The lowest BCUT2D eigenvalue weighted by molar-refractivity contribution is 0.669. The van der Waals surface area contributed by atoms with E-state index in [1.54, 1.807) is 0 Å². The first-order valence-corrected chi connectivity index (χ1v) is 19.2. The third-order valence-corrected chi connectivity index (χ3v) is 11.2. The summed E-state index contributed by atoms with van der Waals surface area (Å²) in [6.07, 6.45) is 0. The molecule has 0 fully saturated rings. The fourth-order valence-electron chi connectivity index (χ4n) is 8.43. The number of rotatable bonds is 6. The topological polar surface area (TPSA) is 16.4 Å². The maximum Gasteiger partial charge on any atom is 0.136 e. The van der Waals surface area contributed by atoms with Gasteiger partial charge >= 0.3 is 0 Å². The Labute approximate surface area is 325 Å². The second kappa shape index (κ2) is 13.2. The molecule has 0 amide bonds. The minimum Gasteiger partial charge on any atom is -0.456 e. The zero-order chi connectivity index (χ0) is 37.0. The van der Waals surface area contributed by atoms with Crippen molar-refractivity contribution < 1.29 is 4.42 Å². The molecular formula is C54H35NO. The maximum absolute atomic E-state index is 6.45. The monoisotopic (exact) mass is 713 g/mol. The third kappa shape index (κ3) is 5.51. The average Bonchev–Trinajstić information content (AvgIpc) is 3.63. The summed E-state index contributed by atoms with van der Waals surface area (Å²) in [7, 11) is 0. The van der Waals surface area contributed by atoms with E-state index in [4.69, 9.17) is 4.42 Å². The largest absolute Gasteiger partial charge is 0.456 e. The van der Waals surface area contributed by atoms with Gasteiger partial charge in [-0.25, -0.2) is 0 Å². The van der Waals surface area contributed by atoms with Gasteiger partial charge in [-0.3, -0.25) is 0 Å². The quantitative estimate of drug-likeness (QED) is 0.160. The van der Waals surface area contributed by atoms with Gasteiger partial charge < -0.3 is 9.32 Å². The van der Waals surface area contributed by atoms with Gasteiger partial charge in [-0.05, 0) is 126 Å². The molecule has 262 valence electrons. The lowest BCUT2D eigenvalue weighted by Gasteiger charge is -2.27. The molecule has 56 heavy (non-hydrogen) atoms. The van der Waals surface area contributed by atoms with Crippen LogP contribution in [0.1, 0.15) is 0 Å². The summed E-state index contributed by atoms with van der Waals surface area (Å²) >= 11 is 0. The molecule has 0 spiro atoms. The van der Waals surface area contributed by atoms with E-state index >= 15 is 0 Å². The highest BCUT2D eigenvalue weighted by Crippen LogP contribution is 2.43. The predicted octanol–water partition coefficient (Wildman–Crippen LogP) is 15.5. The molecule has 11 rings (SSSR count). The van der Waals surface area contributed by atoms with Gasteiger partial charge in [-0.2, -0.15) is 0 Å². The first kappa shape index (κ1) is 32.0. The molecule has 0 saturated carbocycles. The number of anilines is 3. The van der Waals surface area contributed by atoms with Crippen LogP contribution in [0.25, 0.3) is 87.6 Å². The zero-order valence-electron chi connectivity index (χ0n) is 30.6. The normalized spacial score (nSPS) is 11.6. The Morgan fingerprint density at radius 3 is 1.62 bits per heavy atom. The minimum atomic E-state index is 0.878. The molecule has 0 bridgehead atoms. The van der Waals surface area contributed by atoms with E-state index in [0.29, 0.717) is 0 Å². The molecule has 0 unspecified atom stereocenters. The molecule has 10 aromatic carbocycles. The van der Waals surface area contributed by atoms with Gasteiger partial charge in [-0.15, -0.1) is 0 Å². The number of benzene rings is 10. The van der Waals surface area contributed by atoms with Crippen molar-refractivity contribution in [3.05, 3.63) is 212 Å². The second-order valence-corrected chi connectivity index (χ2v) is 14.5. The van der Waals surface area contributed by atoms with E-state index < -0.39 is 0 Å². The summed E-state index contributed by atoms with van der Waals surface area (Å²) in [4.78, 5) is 2.37. The van der Waals surface area contributed by atoms with E-state index in [1.165, 1.54) is 65.7 Å². The van der Waals surface area contributed by atoms with Gasteiger partial charge in [0, 0.05) is 27.8 Å². The molecule has 0 aliphatic carbocycles. The highest BCUT2D eigenvalue weighted by atomic mass is 16.3. The zero-order valence-corrected chi connectivity index (χ0v) is 30.6. The van der Waals surface area contributed by atoms with E-state index in [2.05, 4.69) is 217 Å². The Balaban J connectivity index is 1.08. The van der Waals surface area contributed by atoms with Crippen molar-refractivity contribution in [3.63, 3.8) is 0 Å². The molecule has 0 saturated heterocycles.